The van der Waals surface area contributed by atoms with Gasteiger partial charge in [-0.15, -0.1) is 10.2 Å². The Morgan fingerprint density at radius 1 is 1.12 bits per heavy atom. The summed E-state index contributed by atoms with van der Waals surface area (Å²) in [5.41, 5.74) is 0.805. The molecular weight excluding hydrogens is 440 g/mol. The minimum Gasteiger partial charge on any atom is -0.286 e. The lowest BCUT2D eigenvalue weighted by atomic mass is 9.97. The molecule has 1 fully saturated rings. The highest BCUT2D eigenvalue weighted by atomic mass is 79.9. The molecule has 0 aliphatic carbocycles. The Balaban J connectivity index is 1.54. The molecule has 0 atom stereocenters. The van der Waals surface area contributed by atoms with Gasteiger partial charge in [0.05, 0.1) is 5.02 Å². The van der Waals surface area contributed by atoms with Gasteiger partial charge in [0.1, 0.15) is 10.7 Å². The zero-order valence-electron chi connectivity index (χ0n) is 13.7. The number of benzene rings is 1. The zero-order valence-corrected chi connectivity index (χ0v) is 16.9. The van der Waals surface area contributed by atoms with Crippen LogP contribution in [-0.4, -0.2) is 40.4 Å². The number of rotatable bonds is 3. The second kappa shape index (κ2) is 6.92. The van der Waals surface area contributed by atoms with Crippen LogP contribution in [0.2, 0.25) is 5.02 Å². The Hall–Kier alpha value is -1.48. The molecule has 2 aromatic heterocycles. The molecule has 0 amide bonds. The van der Waals surface area contributed by atoms with Gasteiger partial charge in [-0.05, 0) is 43.2 Å². The zero-order chi connectivity index (χ0) is 18.3. The highest BCUT2D eigenvalue weighted by Crippen LogP contribution is 2.33. The largest absolute Gasteiger partial charge is 0.286 e. The van der Waals surface area contributed by atoms with Crippen molar-refractivity contribution < 1.29 is 8.42 Å². The van der Waals surface area contributed by atoms with Crippen LogP contribution in [0.1, 0.15) is 24.6 Å². The predicted molar refractivity (Wildman–Crippen MR) is 103 cm³/mol. The standard InChI is InChI=1S/C17H16BrClN4O2S/c18-13-4-5-15(14(19)11-13)26(24,25)22-9-6-12(7-10-22)17-21-20-16-3-1-2-8-23(16)17/h1-5,8,11-12H,6-7,9-10H2. The summed E-state index contributed by atoms with van der Waals surface area (Å²) >= 11 is 9.45. The third kappa shape index (κ3) is 3.15. The van der Waals surface area contributed by atoms with E-state index in [4.69, 9.17) is 11.6 Å². The average Bonchev–Trinajstić information content (AvgIpc) is 3.05. The maximum Gasteiger partial charge on any atom is 0.244 e. The van der Waals surface area contributed by atoms with Crippen LogP contribution in [0.5, 0.6) is 0 Å². The number of pyridine rings is 1. The van der Waals surface area contributed by atoms with Crippen molar-refractivity contribution in [3.05, 3.63) is 57.9 Å². The second-order valence-corrected chi connectivity index (χ2v) is 9.47. The van der Waals surface area contributed by atoms with Crippen molar-refractivity contribution in [1.29, 1.82) is 0 Å². The highest BCUT2D eigenvalue weighted by molar-refractivity contribution is 9.10. The third-order valence-corrected chi connectivity index (χ3v) is 7.55. The Bertz CT molecular complexity index is 1060. The molecule has 3 aromatic rings. The first-order valence-electron chi connectivity index (χ1n) is 8.21. The molecule has 26 heavy (non-hydrogen) atoms. The molecular formula is C17H16BrClN4O2S. The van der Waals surface area contributed by atoms with E-state index in [2.05, 4.69) is 26.1 Å². The Morgan fingerprint density at radius 3 is 2.62 bits per heavy atom. The van der Waals surface area contributed by atoms with E-state index >= 15 is 0 Å². The summed E-state index contributed by atoms with van der Waals surface area (Å²) in [5.74, 6) is 1.07. The van der Waals surface area contributed by atoms with Gasteiger partial charge in [0.15, 0.2) is 5.65 Å². The van der Waals surface area contributed by atoms with Gasteiger partial charge in [-0.3, -0.25) is 4.40 Å². The maximum absolute atomic E-state index is 12.9. The average molecular weight is 456 g/mol. The molecule has 0 unspecified atom stereocenters. The Morgan fingerprint density at radius 2 is 1.88 bits per heavy atom. The quantitative estimate of drug-likeness (QED) is 0.604. The number of sulfonamides is 1. The van der Waals surface area contributed by atoms with E-state index in [9.17, 15) is 8.42 Å². The minimum absolute atomic E-state index is 0.147. The van der Waals surface area contributed by atoms with Crippen LogP contribution >= 0.6 is 27.5 Å². The number of aromatic nitrogens is 3. The molecule has 136 valence electrons. The van der Waals surface area contributed by atoms with Crippen molar-refractivity contribution in [1.82, 2.24) is 18.9 Å². The lowest BCUT2D eigenvalue weighted by molar-refractivity contribution is 0.312. The number of halogens is 2. The van der Waals surface area contributed by atoms with Gasteiger partial charge in [-0.2, -0.15) is 4.31 Å². The first-order chi connectivity index (χ1) is 12.5. The summed E-state index contributed by atoms with van der Waals surface area (Å²) in [5, 5.41) is 8.72. The highest BCUT2D eigenvalue weighted by Gasteiger charge is 2.32. The molecule has 4 rings (SSSR count). The number of hydrogen-bond acceptors (Lipinski definition) is 4. The Labute approximate surface area is 165 Å². The second-order valence-electron chi connectivity index (χ2n) is 6.24. The Kier molecular flexibility index (Phi) is 4.77. The SMILES string of the molecule is O=S(=O)(c1ccc(Br)cc1Cl)N1CCC(c2nnc3ccccn23)CC1. The first kappa shape index (κ1) is 17.9. The summed E-state index contributed by atoms with van der Waals surface area (Å²) in [6, 6.07) is 10.6. The van der Waals surface area contributed by atoms with E-state index in [1.54, 1.807) is 18.2 Å². The normalized spacial score (nSPS) is 17.0. The number of fused-ring (bicyclic) bond motifs is 1. The van der Waals surface area contributed by atoms with E-state index in [-0.39, 0.29) is 15.8 Å². The molecule has 1 aliphatic rings. The fourth-order valence-corrected chi connectivity index (χ4v) is 5.80. The smallest absolute Gasteiger partial charge is 0.244 e. The van der Waals surface area contributed by atoms with E-state index < -0.39 is 10.0 Å². The fourth-order valence-electron chi connectivity index (χ4n) is 3.32. The molecule has 0 radical (unpaired) electrons. The van der Waals surface area contributed by atoms with E-state index in [0.29, 0.717) is 25.9 Å². The molecule has 6 nitrogen and oxygen atoms in total. The summed E-state index contributed by atoms with van der Waals surface area (Å²) in [4.78, 5) is 0.147. The van der Waals surface area contributed by atoms with Crippen LogP contribution in [0.4, 0.5) is 0 Å². The summed E-state index contributed by atoms with van der Waals surface area (Å²) in [7, 11) is -3.61. The number of piperidine rings is 1. The van der Waals surface area contributed by atoms with Gasteiger partial charge in [-0.25, -0.2) is 8.42 Å². The van der Waals surface area contributed by atoms with Crippen molar-refractivity contribution in [3.63, 3.8) is 0 Å². The topological polar surface area (TPSA) is 67.6 Å². The molecule has 1 aliphatic heterocycles. The number of hydrogen-bond donors (Lipinski definition) is 0. The van der Waals surface area contributed by atoms with Crippen molar-refractivity contribution in [3.8, 4) is 0 Å². The molecule has 1 aromatic carbocycles. The monoisotopic (exact) mass is 454 g/mol. The molecule has 0 saturated carbocycles. The van der Waals surface area contributed by atoms with Gasteiger partial charge in [0.25, 0.3) is 0 Å². The lowest BCUT2D eigenvalue weighted by Gasteiger charge is -2.30. The van der Waals surface area contributed by atoms with Crippen LogP contribution in [0.3, 0.4) is 0 Å². The third-order valence-electron chi connectivity index (χ3n) is 4.67. The summed E-state index contributed by atoms with van der Waals surface area (Å²) < 4.78 is 30.1. The lowest BCUT2D eigenvalue weighted by Crippen LogP contribution is -2.38. The molecule has 3 heterocycles. The molecule has 0 N–H and O–H groups in total. The predicted octanol–water partition coefficient (Wildman–Crippen LogP) is 3.71. The summed E-state index contributed by atoms with van der Waals surface area (Å²) in [6.45, 7) is 0.863. The summed E-state index contributed by atoms with van der Waals surface area (Å²) in [6.07, 6.45) is 3.33. The minimum atomic E-state index is -3.61. The fraction of sp³-hybridized carbons (Fsp3) is 0.294. The van der Waals surface area contributed by atoms with Gasteiger partial charge in [0, 0.05) is 29.7 Å². The van der Waals surface area contributed by atoms with Crippen molar-refractivity contribution in [2.24, 2.45) is 0 Å². The van der Waals surface area contributed by atoms with Gasteiger partial charge >= 0.3 is 0 Å². The number of nitrogens with zero attached hydrogens (tertiary/aromatic N) is 4. The van der Waals surface area contributed by atoms with Crippen molar-refractivity contribution in [2.75, 3.05) is 13.1 Å². The van der Waals surface area contributed by atoms with E-state index in [0.717, 1.165) is 15.9 Å². The molecule has 0 spiro atoms. The first-order valence-corrected chi connectivity index (χ1v) is 10.8. The molecule has 0 bridgehead atoms. The van der Waals surface area contributed by atoms with Crippen LogP contribution < -0.4 is 0 Å². The van der Waals surface area contributed by atoms with Crippen molar-refractivity contribution >= 4 is 43.2 Å². The molecule has 1 saturated heterocycles. The van der Waals surface area contributed by atoms with Gasteiger partial charge < -0.3 is 0 Å². The maximum atomic E-state index is 12.9. The van der Waals surface area contributed by atoms with Crippen LogP contribution in [-0.2, 0) is 10.0 Å². The van der Waals surface area contributed by atoms with Crippen LogP contribution in [0.15, 0.2) is 52.0 Å². The van der Waals surface area contributed by atoms with Gasteiger partial charge in [0.2, 0.25) is 10.0 Å². The van der Waals surface area contributed by atoms with Crippen LogP contribution in [0.25, 0.3) is 5.65 Å². The van der Waals surface area contributed by atoms with E-state index in [1.165, 1.54) is 4.31 Å². The van der Waals surface area contributed by atoms with Gasteiger partial charge in [-0.1, -0.05) is 33.6 Å². The van der Waals surface area contributed by atoms with Crippen molar-refractivity contribution in [2.45, 2.75) is 23.7 Å². The van der Waals surface area contributed by atoms with Crippen LogP contribution in [0, 0.1) is 0 Å². The van der Waals surface area contributed by atoms with E-state index in [1.807, 2.05) is 28.8 Å². The molecule has 9 heteroatoms.